The van der Waals surface area contributed by atoms with E-state index in [4.69, 9.17) is 0 Å². The maximum atomic E-state index is 15.0. The van der Waals surface area contributed by atoms with Gasteiger partial charge in [-0.3, -0.25) is 4.98 Å². The minimum Gasteiger partial charge on any atom is -0.386 e. The molecule has 0 radical (unpaired) electrons. The van der Waals surface area contributed by atoms with E-state index in [2.05, 4.69) is 29.5 Å². The van der Waals surface area contributed by atoms with Crippen LogP contribution in [0.15, 0.2) is 66.6 Å². The van der Waals surface area contributed by atoms with Gasteiger partial charge in [0.25, 0.3) is 0 Å². The third-order valence-corrected chi connectivity index (χ3v) is 5.29. The summed E-state index contributed by atoms with van der Waals surface area (Å²) in [5.74, 6) is -0.206. The molecular formula is C23H24FN3. The predicted molar refractivity (Wildman–Crippen MR) is 109 cm³/mol. The lowest BCUT2D eigenvalue weighted by atomic mass is 9.98. The number of para-hydroxylation sites is 1. The maximum absolute atomic E-state index is 15.0. The molecule has 0 amide bonds. The van der Waals surface area contributed by atoms with E-state index in [1.54, 1.807) is 12.3 Å². The normalized spacial score (nSPS) is 17.4. The van der Waals surface area contributed by atoms with Crippen molar-refractivity contribution in [1.29, 1.82) is 0 Å². The van der Waals surface area contributed by atoms with Gasteiger partial charge in [-0.15, -0.1) is 0 Å². The third-order valence-electron chi connectivity index (χ3n) is 5.29. The van der Waals surface area contributed by atoms with Gasteiger partial charge in [0.15, 0.2) is 0 Å². The average molecular weight is 361 g/mol. The summed E-state index contributed by atoms with van der Waals surface area (Å²) < 4.78 is 15.0. The molecule has 0 saturated heterocycles. The Labute approximate surface area is 159 Å². The molecule has 3 nitrogen and oxygen atoms in total. The standard InChI is InChI=1S/C23H24FN3/c1-3-17-13-18(14-26-17)27-15(2)16-8-9-20(22(24)12-16)19-10-11-25-23-7-5-4-6-21(19)23/h4-12,14-15,17,26-27H,3,13H2,1-2H3/t15?,17-/m0/s1. The second-order valence-electron chi connectivity index (χ2n) is 7.13. The van der Waals surface area contributed by atoms with Crippen LogP contribution in [0, 0.1) is 5.82 Å². The molecule has 4 heteroatoms. The van der Waals surface area contributed by atoms with Crippen LogP contribution >= 0.6 is 0 Å². The summed E-state index contributed by atoms with van der Waals surface area (Å²) in [6, 6.07) is 15.8. The highest BCUT2D eigenvalue weighted by Crippen LogP contribution is 2.31. The molecular weight excluding hydrogens is 337 g/mol. The van der Waals surface area contributed by atoms with Crippen LogP contribution in [0.25, 0.3) is 22.0 Å². The molecule has 0 bridgehead atoms. The zero-order chi connectivity index (χ0) is 18.8. The molecule has 3 aromatic rings. The maximum Gasteiger partial charge on any atom is 0.131 e. The van der Waals surface area contributed by atoms with E-state index in [0.717, 1.165) is 34.9 Å². The Morgan fingerprint density at radius 1 is 1.19 bits per heavy atom. The Morgan fingerprint density at radius 2 is 2.04 bits per heavy atom. The molecule has 0 saturated carbocycles. The topological polar surface area (TPSA) is 37.0 Å². The van der Waals surface area contributed by atoms with Gasteiger partial charge in [0.05, 0.1) is 5.52 Å². The molecule has 1 unspecified atom stereocenters. The van der Waals surface area contributed by atoms with Crippen LogP contribution in [0.2, 0.25) is 0 Å². The lowest BCUT2D eigenvalue weighted by molar-refractivity contribution is 0.568. The molecule has 1 aliphatic heterocycles. The number of rotatable bonds is 5. The number of aromatic nitrogens is 1. The number of hydrogen-bond donors (Lipinski definition) is 2. The predicted octanol–water partition coefficient (Wildman–Crippen LogP) is 5.30. The summed E-state index contributed by atoms with van der Waals surface area (Å²) in [5, 5.41) is 7.83. The van der Waals surface area contributed by atoms with Crippen molar-refractivity contribution in [3.63, 3.8) is 0 Å². The highest BCUT2D eigenvalue weighted by atomic mass is 19.1. The first-order valence-corrected chi connectivity index (χ1v) is 9.51. The molecule has 1 aliphatic rings. The third kappa shape index (κ3) is 3.52. The van der Waals surface area contributed by atoms with Crippen LogP contribution in [-0.2, 0) is 0 Å². The Bertz CT molecular complexity index is 991. The lowest BCUT2D eigenvalue weighted by Crippen LogP contribution is -2.20. The quantitative estimate of drug-likeness (QED) is 0.647. The first-order valence-electron chi connectivity index (χ1n) is 9.51. The van der Waals surface area contributed by atoms with Crippen LogP contribution in [-0.4, -0.2) is 11.0 Å². The largest absolute Gasteiger partial charge is 0.386 e. The van der Waals surface area contributed by atoms with E-state index in [1.165, 1.54) is 5.70 Å². The molecule has 2 N–H and O–H groups in total. The summed E-state index contributed by atoms with van der Waals surface area (Å²) in [6.45, 7) is 4.24. The monoisotopic (exact) mass is 361 g/mol. The molecule has 0 spiro atoms. The van der Waals surface area contributed by atoms with Gasteiger partial charge >= 0.3 is 0 Å². The van der Waals surface area contributed by atoms with Gasteiger partial charge in [0.2, 0.25) is 0 Å². The van der Waals surface area contributed by atoms with Gasteiger partial charge in [-0.05, 0) is 42.7 Å². The SMILES string of the molecule is CC[C@H]1CC(NC(C)c2ccc(-c3ccnc4ccccc34)c(F)c2)=CN1. The first-order chi connectivity index (χ1) is 13.2. The van der Waals surface area contributed by atoms with Crippen molar-refractivity contribution < 1.29 is 4.39 Å². The van der Waals surface area contributed by atoms with E-state index in [0.29, 0.717) is 11.6 Å². The summed E-state index contributed by atoms with van der Waals surface area (Å²) in [5.41, 5.74) is 4.48. The number of benzene rings is 2. The van der Waals surface area contributed by atoms with Crippen molar-refractivity contribution in [2.75, 3.05) is 0 Å². The van der Waals surface area contributed by atoms with Crippen molar-refractivity contribution in [3.8, 4) is 11.1 Å². The molecule has 1 aromatic heterocycles. The number of fused-ring (bicyclic) bond motifs is 1. The molecule has 0 aliphatic carbocycles. The highest BCUT2D eigenvalue weighted by Gasteiger charge is 2.17. The minimum atomic E-state index is -0.206. The second kappa shape index (κ2) is 7.39. The van der Waals surface area contributed by atoms with E-state index in [-0.39, 0.29) is 11.9 Å². The van der Waals surface area contributed by atoms with Gasteiger partial charge in [-0.1, -0.05) is 37.3 Å². The van der Waals surface area contributed by atoms with Crippen molar-refractivity contribution >= 4 is 10.9 Å². The molecule has 138 valence electrons. The van der Waals surface area contributed by atoms with Crippen molar-refractivity contribution in [2.24, 2.45) is 0 Å². The van der Waals surface area contributed by atoms with Gasteiger partial charge in [0, 0.05) is 47.5 Å². The van der Waals surface area contributed by atoms with E-state index in [9.17, 15) is 4.39 Å². The van der Waals surface area contributed by atoms with Crippen molar-refractivity contribution in [3.05, 3.63) is 78.0 Å². The smallest absolute Gasteiger partial charge is 0.131 e. The second-order valence-corrected chi connectivity index (χ2v) is 7.13. The van der Waals surface area contributed by atoms with Crippen LogP contribution in [0.1, 0.15) is 38.3 Å². The average Bonchev–Trinajstić information content (AvgIpc) is 3.15. The fraction of sp³-hybridized carbons (Fsp3) is 0.261. The van der Waals surface area contributed by atoms with Crippen molar-refractivity contribution in [1.82, 2.24) is 15.6 Å². The minimum absolute atomic E-state index is 0.0476. The lowest BCUT2D eigenvalue weighted by Gasteiger charge is -2.18. The van der Waals surface area contributed by atoms with Crippen LogP contribution in [0.3, 0.4) is 0 Å². The van der Waals surface area contributed by atoms with Gasteiger partial charge in [-0.2, -0.15) is 0 Å². The number of halogens is 1. The molecule has 2 heterocycles. The van der Waals surface area contributed by atoms with E-state index >= 15 is 0 Å². The van der Waals surface area contributed by atoms with E-state index in [1.807, 2.05) is 48.7 Å². The number of pyridine rings is 1. The Kier molecular flexibility index (Phi) is 4.80. The summed E-state index contributed by atoms with van der Waals surface area (Å²) in [4.78, 5) is 4.37. The van der Waals surface area contributed by atoms with Gasteiger partial charge in [0.1, 0.15) is 5.82 Å². The van der Waals surface area contributed by atoms with E-state index < -0.39 is 0 Å². The van der Waals surface area contributed by atoms with Crippen LogP contribution in [0.5, 0.6) is 0 Å². The zero-order valence-electron chi connectivity index (χ0n) is 15.7. The molecule has 2 atom stereocenters. The molecule has 27 heavy (non-hydrogen) atoms. The highest BCUT2D eigenvalue weighted by molar-refractivity contribution is 5.94. The summed E-state index contributed by atoms with van der Waals surface area (Å²) >= 11 is 0. The van der Waals surface area contributed by atoms with Gasteiger partial charge in [-0.25, -0.2) is 4.39 Å². The molecule has 2 aromatic carbocycles. The summed E-state index contributed by atoms with van der Waals surface area (Å²) in [7, 11) is 0. The number of hydrogen-bond acceptors (Lipinski definition) is 3. The first kappa shape index (κ1) is 17.5. The van der Waals surface area contributed by atoms with Crippen LogP contribution < -0.4 is 10.6 Å². The zero-order valence-corrected chi connectivity index (χ0v) is 15.7. The Morgan fingerprint density at radius 3 is 2.81 bits per heavy atom. The Hall–Kier alpha value is -2.88. The van der Waals surface area contributed by atoms with Crippen LogP contribution in [0.4, 0.5) is 4.39 Å². The Balaban J connectivity index is 1.59. The number of nitrogens with zero attached hydrogens (tertiary/aromatic N) is 1. The fourth-order valence-electron chi connectivity index (χ4n) is 3.68. The van der Waals surface area contributed by atoms with Crippen molar-refractivity contribution in [2.45, 2.75) is 38.8 Å². The number of nitrogens with one attached hydrogen (secondary N) is 2. The van der Waals surface area contributed by atoms with Gasteiger partial charge < -0.3 is 10.6 Å². The molecule has 0 fully saturated rings. The summed E-state index contributed by atoms with van der Waals surface area (Å²) in [6.07, 6.45) is 5.86. The molecule has 4 rings (SSSR count). The fourth-order valence-corrected chi connectivity index (χ4v) is 3.68.